The molecular weight excluding hydrogens is 224 g/mol. The van der Waals surface area contributed by atoms with Crippen LogP contribution < -0.4 is 0 Å². The zero-order valence-corrected chi connectivity index (χ0v) is 11.4. The molecule has 1 atom stereocenters. The molecule has 1 heterocycles. The van der Waals surface area contributed by atoms with Crippen LogP contribution in [0.5, 0.6) is 0 Å². The topological polar surface area (TPSA) is 15.7 Å². The fourth-order valence-corrected chi connectivity index (χ4v) is 2.60. The first kappa shape index (κ1) is 14.2. The van der Waals surface area contributed by atoms with E-state index in [1.807, 2.05) is 0 Å². The molecule has 1 aliphatic rings. The number of alkyl halides is 1. The van der Waals surface area contributed by atoms with Crippen molar-refractivity contribution < 1.29 is 4.74 Å². The maximum Gasteiger partial charge on any atom is 0.0696 e. The summed E-state index contributed by atoms with van der Waals surface area (Å²) in [7, 11) is 3.83. The van der Waals surface area contributed by atoms with Gasteiger partial charge in [-0.2, -0.15) is 0 Å². The lowest BCUT2D eigenvalue weighted by atomic mass is 10.3. The Bertz CT molecular complexity index is 174. The average Bonchev–Trinajstić information content (AvgIpc) is 2.70. The maximum atomic E-state index is 6.10. The van der Waals surface area contributed by atoms with Crippen LogP contribution in [0.3, 0.4) is 0 Å². The van der Waals surface area contributed by atoms with Crippen molar-refractivity contribution in [3.8, 4) is 0 Å². The van der Waals surface area contributed by atoms with E-state index in [1.165, 1.54) is 38.9 Å². The van der Waals surface area contributed by atoms with E-state index in [4.69, 9.17) is 16.3 Å². The Labute approximate surface area is 105 Å². The van der Waals surface area contributed by atoms with Crippen molar-refractivity contribution in [3.63, 3.8) is 0 Å². The molecule has 1 rings (SSSR count). The molecule has 3 nitrogen and oxygen atoms in total. The van der Waals surface area contributed by atoms with Crippen molar-refractivity contribution in [1.82, 2.24) is 9.80 Å². The molecule has 1 unspecified atom stereocenters. The summed E-state index contributed by atoms with van der Waals surface area (Å²) in [5.74, 6) is 0. The van der Waals surface area contributed by atoms with Crippen LogP contribution in [-0.2, 0) is 4.74 Å². The molecule has 0 saturated carbocycles. The zero-order chi connectivity index (χ0) is 11.8. The van der Waals surface area contributed by atoms with Crippen LogP contribution in [-0.4, -0.2) is 68.7 Å². The smallest absolute Gasteiger partial charge is 0.0696 e. The van der Waals surface area contributed by atoms with Gasteiger partial charge in [0.05, 0.1) is 12.0 Å². The molecule has 0 aromatic heterocycles. The lowest BCUT2D eigenvalue weighted by Crippen LogP contribution is -2.31. The van der Waals surface area contributed by atoms with E-state index < -0.39 is 0 Å². The van der Waals surface area contributed by atoms with Crippen molar-refractivity contribution in [3.05, 3.63) is 0 Å². The standard InChI is InChI=1S/C12H25ClN2O/c1-14(10-12(13)11-16-2)6-5-9-15-7-3-4-8-15/h12H,3-11H2,1-2H3. The number of nitrogens with zero attached hydrogens (tertiary/aromatic N) is 2. The molecule has 1 saturated heterocycles. The van der Waals surface area contributed by atoms with Crippen molar-refractivity contribution in [2.24, 2.45) is 0 Å². The molecule has 1 aliphatic heterocycles. The minimum Gasteiger partial charge on any atom is -0.383 e. The first-order valence-corrected chi connectivity index (χ1v) is 6.70. The van der Waals surface area contributed by atoms with Crippen molar-refractivity contribution >= 4 is 11.6 Å². The summed E-state index contributed by atoms with van der Waals surface area (Å²) in [6.45, 7) is 6.51. The van der Waals surface area contributed by atoms with Gasteiger partial charge in [-0.1, -0.05) is 0 Å². The minimum absolute atomic E-state index is 0.113. The summed E-state index contributed by atoms with van der Waals surface area (Å²) in [5, 5.41) is 0.113. The van der Waals surface area contributed by atoms with Gasteiger partial charge in [-0.25, -0.2) is 0 Å². The van der Waals surface area contributed by atoms with E-state index in [0.29, 0.717) is 6.61 Å². The normalized spacial score (nSPS) is 19.5. The molecule has 0 aromatic rings. The minimum atomic E-state index is 0.113. The first-order chi connectivity index (χ1) is 7.72. The van der Waals surface area contributed by atoms with Crippen LogP contribution >= 0.6 is 11.6 Å². The third-order valence-corrected chi connectivity index (χ3v) is 3.33. The summed E-state index contributed by atoms with van der Waals surface area (Å²) in [6, 6.07) is 0. The van der Waals surface area contributed by atoms with Crippen molar-refractivity contribution in [2.75, 3.05) is 53.5 Å². The predicted molar refractivity (Wildman–Crippen MR) is 69.3 cm³/mol. The van der Waals surface area contributed by atoms with Crippen LogP contribution in [0, 0.1) is 0 Å². The van der Waals surface area contributed by atoms with E-state index in [9.17, 15) is 0 Å². The van der Waals surface area contributed by atoms with Crippen LogP contribution in [0.25, 0.3) is 0 Å². The Morgan fingerprint density at radius 3 is 2.69 bits per heavy atom. The summed E-state index contributed by atoms with van der Waals surface area (Å²) in [6.07, 6.45) is 4.01. The lowest BCUT2D eigenvalue weighted by molar-refractivity contribution is 0.180. The Kier molecular flexibility index (Phi) is 7.37. The van der Waals surface area contributed by atoms with Crippen LogP contribution in [0.2, 0.25) is 0 Å². The van der Waals surface area contributed by atoms with Gasteiger partial charge in [-0.3, -0.25) is 0 Å². The van der Waals surface area contributed by atoms with Crippen LogP contribution in [0.1, 0.15) is 19.3 Å². The highest BCUT2D eigenvalue weighted by Gasteiger charge is 2.12. The third kappa shape index (κ3) is 6.04. The molecule has 0 radical (unpaired) electrons. The van der Waals surface area contributed by atoms with Gasteiger partial charge < -0.3 is 14.5 Å². The van der Waals surface area contributed by atoms with E-state index in [0.717, 1.165) is 13.1 Å². The van der Waals surface area contributed by atoms with Crippen molar-refractivity contribution in [1.29, 1.82) is 0 Å². The fraction of sp³-hybridized carbons (Fsp3) is 1.00. The highest BCUT2D eigenvalue weighted by molar-refractivity contribution is 6.20. The number of methoxy groups -OCH3 is 1. The van der Waals surface area contributed by atoms with Gasteiger partial charge in [0.15, 0.2) is 0 Å². The van der Waals surface area contributed by atoms with Crippen molar-refractivity contribution in [2.45, 2.75) is 24.6 Å². The molecule has 0 aliphatic carbocycles. The Balaban J connectivity index is 1.98. The van der Waals surface area contributed by atoms with Gasteiger partial charge in [0.25, 0.3) is 0 Å². The van der Waals surface area contributed by atoms with E-state index in [2.05, 4.69) is 16.8 Å². The van der Waals surface area contributed by atoms with Gasteiger partial charge >= 0.3 is 0 Å². The quantitative estimate of drug-likeness (QED) is 0.608. The molecule has 1 fully saturated rings. The lowest BCUT2D eigenvalue weighted by Gasteiger charge is -2.21. The number of likely N-dealkylation sites (tertiary alicyclic amines) is 1. The molecule has 0 N–H and O–H groups in total. The number of halogens is 1. The van der Waals surface area contributed by atoms with Crippen LogP contribution in [0.4, 0.5) is 0 Å². The summed E-state index contributed by atoms with van der Waals surface area (Å²) in [4.78, 5) is 4.86. The number of hydrogen-bond donors (Lipinski definition) is 0. The maximum absolute atomic E-state index is 6.10. The van der Waals surface area contributed by atoms with Gasteiger partial charge in [-0.05, 0) is 52.5 Å². The second-order valence-electron chi connectivity index (χ2n) is 4.72. The number of ether oxygens (including phenoxy) is 1. The van der Waals surface area contributed by atoms with E-state index in [1.54, 1.807) is 7.11 Å². The molecule has 0 spiro atoms. The summed E-state index contributed by atoms with van der Waals surface area (Å²) in [5.41, 5.74) is 0. The van der Waals surface area contributed by atoms with E-state index >= 15 is 0 Å². The molecular formula is C12H25ClN2O. The summed E-state index contributed by atoms with van der Waals surface area (Å²) >= 11 is 6.10. The number of hydrogen-bond acceptors (Lipinski definition) is 3. The third-order valence-electron chi connectivity index (χ3n) is 3.07. The molecule has 0 aromatic carbocycles. The Morgan fingerprint density at radius 1 is 1.38 bits per heavy atom. The molecule has 96 valence electrons. The SMILES string of the molecule is COCC(Cl)CN(C)CCCN1CCCC1. The molecule has 16 heavy (non-hydrogen) atoms. The second kappa shape index (κ2) is 8.29. The fourth-order valence-electron chi connectivity index (χ4n) is 2.23. The summed E-state index contributed by atoms with van der Waals surface area (Å²) < 4.78 is 5.02. The van der Waals surface area contributed by atoms with Crippen LogP contribution in [0.15, 0.2) is 0 Å². The molecule has 4 heteroatoms. The van der Waals surface area contributed by atoms with Gasteiger partial charge in [0.1, 0.15) is 0 Å². The van der Waals surface area contributed by atoms with Gasteiger partial charge in [0, 0.05) is 13.7 Å². The van der Waals surface area contributed by atoms with Gasteiger partial charge in [0.2, 0.25) is 0 Å². The Hall–Kier alpha value is 0.170. The largest absolute Gasteiger partial charge is 0.383 e. The number of rotatable bonds is 8. The Morgan fingerprint density at radius 2 is 2.06 bits per heavy atom. The van der Waals surface area contributed by atoms with Gasteiger partial charge in [-0.15, -0.1) is 11.6 Å². The van der Waals surface area contributed by atoms with E-state index in [-0.39, 0.29) is 5.38 Å². The predicted octanol–water partition coefficient (Wildman–Crippen LogP) is 1.66. The molecule has 0 bridgehead atoms. The monoisotopic (exact) mass is 248 g/mol. The first-order valence-electron chi connectivity index (χ1n) is 6.26. The molecule has 0 amide bonds. The second-order valence-corrected chi connectivity index (χ2v) is 5.33. The highest BCUT2D eigenvalue weighted by atomic mass is 35.5. The average molecular weight is 249 g/mol. The highest BCUT2D eigenvalue weighted by Crippen LogP contribution is 2.07. The zero-order valence-electron chi connectivity index (χ0n) is 10.6.